The molecule has 0 fully saturated rings. The average Bonchev–Trinajstić information content (AvgIpc) is 3.29. The fourth-order valence-electron chi connectivity index (χ4n) is 3.26. The molecule has 0 saturated heterocycles. The van der Waals surface area contributed by atoms with Crippen LogP contribution in [0.3, 0.4) is 0 Å². The Labute approximate surface area is 190 Å². The van der Waals surface area contributed by atoms with Gasteiger partial charge in [-0.3, -0.25) is 9.48 Å². The predicted octanol–water partition coefficient (Wildman–Crippen LogP) is 5.05. The summed E-state index contributed by atoms with van der Waals surface area (Å²) in [5.74, 6) is -0.312. The molecule has 1 atom stereocenters. The summed E-state index contributed by atoms with van der Waals surface area (Å²) in [6.07, 6.45) is 0.627. The van der Waals surface area contributed by atoms with Gasteiger partial charge in [-0.15, -0.1) is 11.3 Å². The molecule has 164 valence electrons. The average molecular weight is 461 g/mol. The van der Waals surface area contributed by atoms with E-state index in [-0.39, 0.29) is 12.5 Å². The SMILES string of the molecule is Cn1nccc1-c1cc(C(=O)N[C@@H](CN(C(=O)O)C(C)(C)C)c2ccccc2)sc1Cl. The van der Waals surface area contributed by atoms with Gasteiger partial charge in [-0.1, -0.05) is 41.9 Å². The van der Waals surface area contributed by atoms with Gasteiger partial charge in [0.15, 0.2) is 0 Å². The number of carbonyl (C=O) groups is 2. The van der Waals surface area contributed by atoms with Crippen molar-refractivity contribution in [2.75, 3.05) is 6.54 Å². The highest BCUT2D eigenvalue weighted by Gasteiger charge is 2.30. The number of thiophene rings is 1. The maximum Gasteiger partial charge on any atom is 0.407 e. The van der Waals surface area contributed by atoms with E-state index in [9.17, 15) is 14.7 Å². The fourth-order valence-corrected chi connectivity index (χ4v) is 4.46. The highest BCUT2D eigenvalue weighted by Crippen LogP contribution is 2.35. The van der Waals surface area contributed by atoms with E-state index in [0.717, 1.165) is 16.8 Å². The lowest BCUT2D eigenvalue weighted by molar-refractivity contribution is 0.0824. The van der Waals surface area contributed by atoms with Crippen molar-refractivity contribution >= 4 is 34.9 Å². The lowest BCUT2D eigenvalue weighted by atomic mass is 10.0. The van der Waals surface area contributed by atoms with Crippen molar-refractivity contribution in [1.29, 1.82) is 0 Å². The second-order valence-corrected chi connectivity index (χ2v) is 9.79. The van der Waals surface area contributed by atoms with E-state index in [0.29, 0.717) is 9.21 Å². The van der Waals surface area contributed by atoms with Crippen LogP contribution in [0.4, 0.5) is 4.79 Å². The number of hydrogen-bond donors (Lipinski definition) is 2. The van der Waals surface area contributed by atoms with E-state index < -0.39 is 17.7 Å². The normalized spacial score (nSPS) is 12.4. The number of rotatable bonds is 6. The zero-order chi connectivity index (χ0) is 22.8. The fraction of sp³-hybridized carbons (Fsp3) is 0.318. The molecule has 3 rings (SSSR count). The van der Waals surface area contributed by atoms with Crippen LogP contribution >= 0.6 is 22.9 Å². The first-order chi connectivity index (χ1) is 14.6. The molecule has 0 radical (unpaired) electrons. The van der Waals surface area contributed by atoms with Gasteiger partial charge in [0.25, 0.3) is 5.91 Å². The van der Waals surface area contributed by atoms with Crippen LogP contribution in [0.1, 0.15) is 42.0 Å². The summed E-state index contributed by atoms with van der Waals surface area (Å²) >= 11 is 7.58. The minimum absolute atomic E-state index is 0.113. The highest BCUT2D eigenvalue weighted by molar-refractivity contribution is 7.18. The summed E-state index contributed by atoms with van der Waals surface area (Å²) < 4.78 is 2.18. The molecule has 9 heteroatoms. The van der Waals surface area contributed by atoms with Crippen LogP contribution in [0.2, 0.25) is 4.34 Å². The maximum absolute atomic E-state index is 13.1. The Morgan fingerprint density at radius 1 is 1.26 bits per heavy atom. The van der Waals surface area contributed by atoms with Crippen LogP contribution in [-0.4, -0.2) is 43.9 Å². The summed E-state index contributed by atoms with van der Waals surface area (Å²) in [4.78, 5) is 26.7. The van der Waals surface area contributed by atoms with Crippen molar-refractivity contribution in [3.63, 3.8) is 0 Å². The number of nitrogens with zero attached hydrogens (tertiary/aromatic N) is 3. The molecule has 3 aromatic rings. The van der Waals surface area contributed by atoms with Crippen molar-refractivity contribution in [2.24, 2.45) is 7.05 Å². The summed E-state index contributed by atoms with van der Waals surface area (Å²) in [6, 6.07) is 12.4. The maximum atomic E-state index is 13.1. The van der Waals surface area contributed by atoms with Crippen LogP contribution in [0.25, 0.3) is 11.3 Å². The van der Waals surface area contributed by atoms with Crippen molar-refractivity contribution in [2.45, 2.75) is 32.4 Å². The molecule has 2 aromatic heterocycles. The monoisotopic (exact) mass is 460 g/mol. The molecule has 2 heterocycles. The van der Waals surface area contributed by atoms with E-state index in [2.05, 4.69) is 10.4 Å². The number of halogens is 1. The smallest absolute Gasteiger partial charge is 0.407 e. The summed E-state index contributed by atoms with van der Waals surface area (Å²) in [5, 5.41) is 16.9. The summed E-state index contributed by atoms with van der Waals surface area (Å²) in [6.45, 7) is 5.58. The van der Waals surface area contributed by atoms with Crippen LogP contribution in [0, 0.1) is 0 Å². The topological polar surface area (TPSA) is 87.5 Å². The van der Waals surface area contributed by atoms with Gasteiger partial charge < -0.3 is 15.3 Å². The minimum Gasteiger partial charge on any atom is -0.465 e. The third kappa shape index (κ3) is 5.26. The van der Waals surface area contributed by atoms with Crippen molar-refractivity contribution in [3.8, 4) is 11.3 Å². The van der Waals surface area contributed by atoms with E-state index in [1.54, 1.807) is 16.9 Å². The molecule has 31 heavy (non-hydrogen) atoms. The number of amides is 2. The van der Waals surface area contributed by atoms with Crippen LogP contribution in [-0.2, 0) is 7.05 Å². The predicted molar refractivity (Wildman–Crippen MR) is 123 cm³/mol. The zero-order valence-corrected chi connectivity index (χ0v) is 19.4. The van der Waals surface area contributed by atoms with Gasteiger partial charge in [-0.2, -0.15) is 5.10 Å². The van der Waals surface area contributed by atoms with Gasteiger partial charge in [-0.05, 0) is 38.5 Å². The number of hydrogen-bond acceptors (Lipinski definition) is 4. The van der Waals surface area contributed by atoms with Crippen LogP contribution < -0.4 is 5.32 Å². The molecule has 2 N–H and O–H groups in total. The van der Waals surface area contributed by atoms with Gasteiger partial charge in [0.05, 0.1) is 16.6 Å². The van der Waals surface area contributed by atoms with Gasteiger partial charge in [0, 0.05) is 30.9 Å². The first kappa shape index (κ1) is 22.8. The standard InChI is InChI=1S/C22H25ClN4O3S/c1-22(2,3)27(21(29)30)13-16(14-8-6-5-7-9-14)25-20(28)18-12-15(19(23)31-18)17-10-11-24-26(17)4/h5-12,16H,13H2,1-4H3,(H,25,28)(H,29,30)/t16-/m0/s1. The molecule has 7 nitrogen and oxygen atoms in total. The third-order valence-electron chi connectivity index (χ3n) is 4.92. The lowest BCUT2D eigenvalue weighted by Crippen LogP contribution is -2.49. The molecule has 2 amide bonds. The first-order valence-electron chi connectivity index (χ1n) is 9.72. The second-order valence-electron chi connectivity index (χ2n) is 8.14. The molecule has 0 unspecified atom stereocenters. The minimum atomic E-state index is -1.04. The van der Waals surface area contributed by atoms with Crippen LogP contribution in [0.5, 0.6) is 0 Å². The first-order valence-corrected chi connectivity index (χ1v) is 10.9. The van der Waals surface area contributed by atoms with Gasteiger partial charge in [0.2, 0.25) is 0 Å². The highest BCUT2D eigenvalue weighted by atomic mass is 35.5. The zero-order valence-electron chi connectivity index (χ0n) is 17.8. The van der Waals surface area contributed by atoms with E-state index >= 15 is 0 Å². The van der Waals surface area contributed by atoms with E-state index in [1.807, 2.05) is 64.2 Å². The van der Waals surface area contributed by atoms with Crippen molar-refractivity contribution in [1.82, 2.24) is 20.0 Å². The van der Waals surface area contributed by atoms with E-state index in [1.165, 1.54) is 16.2 Å². The Morgan fingerprint density at radius 3 is 2.48 bits per heavy atom. The largest absolute Gasteiger partial charge is 0.465 e. The van der Waals surface area contributed by atoms with Gasteiger partial charge in [0.1, 0.15) is 4.34 Å². The van der Waals surface area contributed by atoms with Gasteiger partial charge in [-0.25, -0.2) is 4.79 Å². The Balaban J connectivity index is 1.89. The number of carboxylic acid groups (broad SMARTS) is 1. The second kappa shape index (κ2) is 9.11. The molecule has 0 saturated carbocycles. The molecule has 0 aliphatic heterocycles. The summed E-state index contributed by atoms with van der Waals surface area (Å²) in [5.41, 5.74) is 1.74. The molecule has 0 aliphatic carbocycles. The third-order valence-corrected chi connectivity index (χ3v) is 6.28. The molecule has 0 spiro atoms. The number of carbonyl (C=O) groups excluding carboxylic acids is 1. The molecule has 1 aromatic carbocycles. The Morgan fingerprint density at radius 2 is 1.94 bits per heavy atom. The Bertz CT molecular complexity index is 1070. The molecular formula is C22H25ClN4O3S. The lowest BCUT2D eigenvalue weighted by Gasteiger charge is -2.36. The molecule has 0 bridgehead atoms. The number of nitrogens with one attached hydrogen (secondary N) is 1. The Hall–Kier alpha value is -2.84. The van der Waals surface area contributed by atoms with Gasteiger partial charge >= 0.3 is 6.09 Å². The Kier molecular flexibility index (Phi) is 6.71. The summed E-state index contributed by atoms with van der Waals surface area (Å²) in [7, 11) is 1.81. The van der Waals surface area contributed by atoms with Crippen molar-refractivity contribution < 1.29 is 14.7 Å². The van der Waals surface area contributed by atoms with E-state index in [4.69, 9.17) is 11.6 Å². The number of benzene rings is 1. The van der Waals surface area contributed by atoms with Crippen LogP contribution in [0.15, 0.2) is 48.7 Å². The van der Waals surface area contributed by atoms with Crippen molar-refractivity contribution in [3.05, 3.63) is 63.4 Å². The molecular weight excluding hydrogens is 436 g/mol. The number of aryl methyl sites for hydroxylation is 1. The quantitative estimate of drug-likeness (QED) is 0.538. The number of aromatic nitrogens is 2. The molecule has 0 aliphatic rings.